The van der Waals surface area contributed by atoms with E-state index in [-0.39, 0.29) is 23.9 Å². The average Bonchev–Trinajstić information content (AvgIpc) is 2.54. The van der Waals surface area contributed by atoms with E-state index < -0.39 is 5.25 Å². The minimum Gasteiger partial charge on any atom is -0.378 e. The van der Waals surface area contributed by atoms with E-state index in [2.05, 4.69) is 15.3 Å². The molecule has 132 valence electrons. The van der Waals surface area contributed by atoms with Gasteiger partial charge in [0.25, 0.3) is 5.56 Å². The van der Waals surface area contributed by atoms with Crippen molar-refractivity contribution >= 4 is 29.1 Å². The van der Waals surface area contributed by atoms with E-state index in [9.17, 15) is 14.4 Å². The molecule has 1 aromatic carbocycles. The lowest BCUT2D eigenvalue weighted by Gasteiger charge is -2.12. The van der Waals surface area contributed by atoms with Crippen LogP contribution in [0.4, 0.5) is 5.69 Å². The summed E-state index contributed by atoms with van der Waals surface area (Å²) >= 11 is 1.13. The molecule has 0 aliphatic carbocycles. The summed E-state index contributed by atoms with van der Waals surface area (Å²) in [5.74, 6) is -0.333. The summed E-state index contributed by atoms with van der Waals surface area (Å²) in [4.78, 5) is 42.2. The second kappa shape index (κ2) is 8.59. The zero-order chi connectivity index (χ0) is 18.4. The maximum Gasteiger partial charge on any atom is 0.251 e. The topological polar surface area (TPSA) is 101 Å². The molecule has 1 unspecified atom stereocenters. The molecule has 2 rings (SSSR count). The second-order valence-electron chi connectivity index (χ2n) is 5.36. The van der Waals surface area contributed by atoms with E-state index in [0.717, 1.165) is 11.8 Å². The van der Waals surface area contributed by atoms with Gasteiger partial charge in [-0.1, -0.05) is 23.9 Å². The van der Waals surface area contributed by atoms with Crippen molar-refractivity contribution in [2.45, 2.75) is 30.9 Å². The number of ether oxygens (including phenoxy) is 1. The molecule has 0 spiro atoms. The van der Waals surface area contributed by atoms with Gasteiger partial charge in [-0.25, -0.2) is 4.98 Å². The van der Waals surface area contributed by atoms with Crippen LogP contribution in [0.15, 0.2) is 40.3 Å². The van der Waals surface area contributed by atoms with E-state index in [1.807, 2.05) is 0 Å². The maximum atomic E-state index is 12.3. The SMILES string of the molecule is COCc1cc(=O)[nH]c(SC(C)C(=O)Nc2cccc(C(C)=O)c2)n1. The zero-order valence-corrected chi connectivity index (χ0v) is 15.0. The first kappa shape index (κ1) is 18.9. The van der Waals surface area contributed by atoms with E-state index in [1.165, 1.54) is 20.1 Å². The van der Waals surface area contributed by atoms with Crippen LogP contribution in [0.5, 0.6) is 0 Å². The highest BCUT2D eigenvalue weighted by Gasteiger charge is 2.17. The number of methoxy groups -OCH3 is 1. The summed E-state index contributed by atoms with van der Waals surface area (Å²) in [5.41, 5.74) is 1.26. The summed E-state index contributed by atoms with van der Waals surface area (Å²) in [6.45, 7) is 3.39. The molecule has 2 aromatic rings. The number of nitrogens with one attached hydrogen (secondary N) is 2. The van der Waals surface area contributed by atoms with Crippen LogP contribution in [0.25, 0.3) is 0 Å². The van der Waals surface area contributed by atoms with Crippen molar-refractivity contribution < 1.29 is 14.3 Å². The predicted octanol–water partition coefficient (Wildman–Crippen LogP) is 2.24. The Hall–Kier alpha value is -2.45. The Balaban J connectivity index is 2.06. The van der Waals surface area contributed by atoms with Gasteiger partial charge >= 0.3 is 0 Å². The molecule has 1 heterocycles. The number of carbonyl (C=O) groups excluding carboxylic acids is 2. The molecular weight excluding hydrogens is 342 g/mol. The van der Waals surface area contributed by atoms with Crippen LogP contribution in [-0.4, -0.2) is 34.0 Å². The third kappa shape index (κ3) is 5.54. The zero-order valence-electron chi connectivity index (χ0n) is 14.2. The van der Waals surface area contributed by atoms with Gasteiger partial charge in [0.2, 0.25) is 5.91 Å². The molecule has 1 atom stereocenters. The van der Waals surface area contributed by atoms with E-state index >= 15 is 0 Å². The molecule has 0 radical (unpaired) electrons. The molecule has 0 aliphatic heterocycles. The average molecular weight is 361 g/mol. The number of H-pyrrole nitrogens is 1. The quantitative estimate of drug-likeness (QED) is 0.446. The number of thioether (sulfide) groups is 1. The van der Waals surface area contributed by atoms with Gasteiger partial charge in [-0.05, 0) is 26.0 Å². The van der Waals surface area contributed by atoms with Crippen LogP contribution in [0.3, 0.4) is 0 Å². The molecule has 0 saturated carbocycles. The summed E-state index contributed by atoms with van der Waals surface area (Å²) in [6.07, 6.45) is 0. The summed E-state index contributed by atoms with van der Waals surface area (Å²) in [6, 6.07) is 8.08. The number of benzene rings is 1. The molecular formula is C17H19N3O4S. The lowest BCUT2D eigenvalue weighted by atomic mass is 10.1. The van der Waals surface area contributed by atoms with Crippen LogP contribution in [-0.2, 0) is 16.1 Å². The fourth-order valence-corrected chi connectivity index (χ4v) is 2.87. The fraction of sp³-hybridized carbons (Fsp3) is 0.294. The van der Waals surface area contributed by atoms with Crippen molar-refractivity contribution in [3.8, 4) is 0 Å². The van der Waals surface area contributed by atoms with E-state index in [1.54, 1.807) is 31.2 Å². The molecule has 0 saturated heterocycles. The van der Waals surface area contributed by atoms with E-state index in [0.29, 0.717) is 22.1 Å². The minimum atomic E-state index is -0.498. The number of nitrogens with zero attached hydrogens (tertiary/aromatic N) is 1. The van der Waals surface area contributed by atoms with Crippen molar-refractivity contribution in [3.05, 3.63) is 51.9 Å². The molecule has 8 heteroatoms. The predicted molar refractivity (Wildman–Crippen MR) is 96.0 cm³/mol. The van der Waals surface area contributed by atoms with Gasteiger partial charge in [-0.2, -0.15) is 0 Å². The van der Waals surface area contributed by atoms with Crippen LogP contribution < -0.4 is 10.9 Å². The molecule has 7 nitrogen and oxygen atoms in total. The number of hydrogen-bond acceptors (Lipinski definition) is 6. The van der Waals surface area contributed by atoms with Crippen LogP contribution in [0, 0.1) is 0 Å². The van der Waals surface area contributed by atoms with E-state index in [4.69, 9.17) is 4.74 Å². The van der Waals surface area contributed by atoms with Crippen LogP contribution >= 0.6 is 11.8 Å². The Bertz CT molecular complexity index is 835. The van der Waals surface area contributed by atoms with Gasteiger partial charge in [0.05, 0.1) is 17.6 Å². The number of hydrogen-bond donors (Lipinski definition) is 2. The normalized spacial score (nSPS) is 11.8. The van der Waals surface area contributed by atoms with Gasteiger partial charge < -0.3 is 15.0 Å². The smallest absolute Gasteiger partial charge is 0.251 e. The number of Topliss-reactive ketones (excluding diaryl/α,β-unsaturated/α-hetero) is 1. The number of ketones is 1. The van der Waals surface area contributed by atoms with Gasteiger partial charge in [0.15, 0.2) is 10.9 Å². The van der Waals surface area contributed by atoms with Gasteiger partial charge in [-0.15, -0.1) is 0 Å². The highest BCUT2D eigenvalue weighted by Crippen LogP contribution is 2.20. The van der Waals surface area contributed by atoms with Gasteiger partial charge in [-0.3, -0.25) is 14.4 Å². The Morgan fingerprint density at radius 1 is 1.36 bits per heavy atom. The largest absolute Gasteiger partial charge is 0.378 e. The molecule has 1 aromatic heterocycles. The summed E-state index contributed by atoms with van der Waals surface area (Å²) < 4.78 is 4.97. The molecule has 25 heavy (non-hydrogen) atoms. The molecule has 2 N–H and O–H groups in total. The van der Waals surface area contributed by atoms with Crippen molar-refractivity contribution in [2.75, 3.05) is 12.4 Å². The lowest BCUT2D eigenvalue weighted by molar-refractivity contribution is -0.115. The van der Waals surface area contributed by atoms with Crippen molar-refractivity contribution in [2.24, 2.45) is 0 Å². The summed E-state index contributed by atoms with van der Waals surface area (Å²) in [5, 5.41) is 2.60. The molecule has 1 amide bonds. The standard InChI is InChI=1S/C17H19N3O4S/c1-10(21)12-5-4-6-13(7-12)18-16(23)11(2)25-17-19-14(9-24-3)8-15(22)20-17/h4-8,11H,9H2,1-3H3,(H,18,23)(H,19,20,22). The highest BCUT2D eigenvalue weighted by atomic mass is 32.2. The third-order valence-corrected chi connectivity index (χ3v) is 4.24. The Morgan fingerprint density at radius 3 is 2.80 bits per heavy atom. The monoisotopic (exact) mass is 361 g/mol. The lowest BCUT2D eigenvalue weighted by Crippen LogP contribution is -2.23. The Labute approximate surface area is 149 Å². The first-order valence-electron chi connectivity index (χ1n) is 7.56. The van der Waals surface area contributed by atoms with Gasteiger partial charge in [0.1, 0.15) is 0 Å². The third-order valence-electron chi connectivity index (χ3n) is 3.26. The summed E-state index contributed by atoms with van der Waals surface area (Å²) in [7, 11) is 1.51. The van der Waals surface area contributed by atoms with Crippen molar-refractivity contribution in [1.82, 2.24) is 9.97 Å². The second-order valence-corrected chi connectivity index (χ2v) is 6.69. The number of aromatic nitrogens is 2. The minimum absolute atomic E-state index is 0.0738. The number of carbonyl (C=O) groups is 2. The Morgan fingerprint density at radius 2 is 2.12 bits per heavy atom. The van der Waals surface area contributed by atoms with Crippen molar-refractivity contribution in [1.29, 1.82) is 0 Å². The molecule has 0 fully saturated rings. The number of aromatic amines is 1. The number of anilines is 1. The van der Waals surface area contributed by atoms with Gasteiger partial charge in [0, 0.05) is 24.4 Å². The highest BCUT2D eigenvalue weighted by molar-refractivity contribution is 8.00. The van der Waals surface area contributed by atoms with Crippen LogP contribution in [0.1, 0.15) is 29.9 Å². The number of amides is 1. The Kier molecular flexibility index (Phi) is 6.49. The maximum absolute atomic E-state index is 12.3. The fourth-order valence-electron chi connectivity index (χ4n) is 2.04. The molecule has 0 aliphatic rings. The van der Waals surface area contributed by atoms with Crippen molar-refractivity contribution in [3.63, 3.8) is 0 Å². The molecule has 0 bridgehead atoms. The first-order chi connectivity index (χ1) is 11.9. The van der Waals surface area contributed by atoms with Crippen LogP contribution in [0.2, 0.25) is 0 Å². The number of rotatable bonds is 7. The first-order valence-corrected chi connectivity index (χ1v) is 8.44.